The van der Waals surface area contributed by atoms with Crippen molar-refractivity contribution in [3.8, 4) is 5.75 Å². The van der Waals surface area contributed by atoms with Crippen LogP contribution in [0.1, 0.15) is 18.4 Å². The Labute approximate surface area is 150 Å². The fraction of sp³-hybridized carbons (Fsp3) is 0.588. The van der Waals surface area contributed by atoms with E-state index in [1.807, 2.05) is 31.2 Å². The number of carbonyl (C=O) groups is 1. The summed E-state index contributed by atoms with van der Waals surface area (Å²) in [5.41, 5.74) is 1.16. The van der Waals surface area contributed by atoms with Crippen molar-refractivity contribution in [1.29, 1.82) is 0 Å². The molecule has 0 bridgehead atoms. The Bertz CT molecular complexity index is 674. The normalized spacial score (nSPS) is 19.0. The van der Waals surface area contributed by atoms with E-state index in [9.17, 15) is 13.2 Å². The number of piperidine rings is 1. The molecule has 0 spiro atoms. The van der Waals surface area contributed by atoms with Gasteiger partial charge in [-0.2, -0.15) is 17.0 Å². The fourth-order valence-corrected chi connectivity index (χ4v) is 3.91. The number of aryl methyl sites for hydroxylation is 1. The largest absolute Gasteiger partial charge is 0.492 e. The highest BCUT2D eigenvalue weighted by Gasteiger charge is 2.33. The first-order chi connectivity index (χ1) is 11.8. The number of carbonyl (C=O) groups excluding carboxylic acids is 1. The summed E-state index contributed by atoms with van der Waals surface area (Å²) in [7, 11) is -0.466. The SMILES string of the molecule is Cc1ccc(OCCNC(=O)[C@@H]2CCCN(S(=O)(=O)N(C)C)C2)cc1. The molecule has 0 aromatic heterocycles. The smallest absolute Gasteiger partial charge is 0.281 e. The predicted molar refractivity (Wildman–Crippen MR) is 96.6 cm³/mol. The van der Waals surface area contributed by atoms with Gasteiger partial charge in [0.1, 0.15) is 12.4 Å². The Morgan fingerprint density at radius 2 is 2.00 bits per heavy atom. The van der Waals surface area contributed by atoms with Crippen molar-refractivity contribution in [3.63, 3.8) is 0 Å². The number of rotatable bonds is 7. The zero-order chi connectivity index (χ0) is 18.4. The highest BCUT2D eigenvalue weighted by atomic mass is 32.2. The third kappa shape index (κ3) is 5.42. The molecule has 0 saturated carbocycles. The van der Waals surface area contributed by atoms with Crippen molar-refractivity contribution in [2.75, 3.05) is 40.3 Å². The molecule has 1 aliphatic heterocycles. The van der Waals surface area contributed by atoms with Gasteiger partial charge in [-0.3, -0.25) is 4.79 Å². The molecule has 1 saturated heterocycles. The van der Waals surface area contributed by atoms with Gasteiger partial charge in [0.25, 0.3) is 10.2 Å². The van der Waals surface area contributed by atoms with E-state index in [0.29, 0.717) is 32.5 Å². The topological polar surface area (TPSA) is 79.0 Å². The third-order valence-corrected chi connectivity index (χ3v) is 6.14. The second kappa shape index (κ2) is 8.64. The Morgan fingerprint density at radius 3 is 2.64 bits per heavy atom. The third-order valence-electron chi connectivity index (χ3n) is 4.23. The van der Waals surface area contributed by atoms with Crippen molar-refractivity contribution in [2.24, 2.45) is 5.92 Å². The number of ether oxygens (including phenoxy) is 1. The summed E-state index contributed by atoms with van der Waals surface area (Å²) in [5, 5.41) is 2.84. The lowest BCUT2D eigenvalue weighted by atomic mass is 9.99. The molecule has 1 fully saturated rings. The second-order valence-electron chi connectivity index (χ2n) is 6.44. The zero-order valence-electron chi connectivity index (χ0n) is 15.1. The van der Waals surface area contributed by atoms with Crippen molar-refractivity contribution >= 4 is 16.1 Å². The van der Waals surface area contributed by atoms with Crippen LogP contribution >= 0.6 is 0 Å². The molecule has 8 heteroatoms. The summed E-state index contributed by atoms with van der Waals surface area (Å²) in [4.78, 5) is 12.3. The van der Waals surface area contributed by atoms with Gasteiger partial charge >= 0.3 is 0 Å². The highest BCUT2D eigenvalue weighted by molar-refractivity contribution is 7.86. The van der Waals surface area contributed by atoms with E-state index in [1.54, 1.807) is 0 Å². The minimum Gasteiger partial charge on any atom is -0.492 e. The first-order valence-electron chi connectivity index (χ1n) is 8.45. The molecule has 0 aliphatic carbocycles. The minimum atomic E-state index is -3.47. The summed E-state index contributed by atoms with van der Waals surface area (Å²) in [6, 6.07) is 7.72. The molecule has 1 aromatic rings. The van der Waals surface area contributed by atoms with Gasteiger partial charge in [-0.1, -0.05) is 17.7 Å². The van der Waals surface area contributed by atoms with Crippen LogP contribution in [0.25, 0.3) is 0 Å². The van der Waals surface area contributed by atoms with E-state index < -0.39 is 10.2 Å². The number of nitrogens with one attached hydrogen (secondary N) is 1. The molecule has 1 amide bonds. The molecule has 140 valence electrons. The number of hydrogen-bond acceptors (Lipinski definition) is 4. The van der Waals surface area contributed by atoms with Crippen LogP contribution in [0.15, 0.2) is 24.3 Å². The summed E-state index contributed by atoms with van der Waals surface area (Å²) >= 11 is 0. The minimum absolute atomic E-state index is 0.119. The molecule has 0 radical (unpaired) electrons. The van der Waals surface area contributed by atoms with Crippen molar-refractivity contribution in [2.45, 2.75) is 19.8 Å². The van der Waals surface area contributed by atoms with Crippen LogP contribution in [0.3, 0.4) is 0 Å². The Kier molecular flexibility index (Phi) is 6.80. The molecular formula is C17H27N3O4S. The van der Waals surface area contributed by atoms with Gasteiger partial charge in [-0.15, -0.1) is 0 Å². The highest BCUT2D eigenvalue weighted by Crippen LogP contribution is 2.20. The molecule has 25 heavy (non-hydrogen) atoms. The maximum absolute atomic E-state index is 12.3. The summed E-state index contributed by atoms with van der Waals surface area (Å²) in [6.07, 6.45) is 1.38. The number of nitrogens with zero attached hydrogens (tertiary/aromatic N) is 2. The predicted octanol–water partition coefficient (Wildman–Crippen LogP) is 1.01. The molecule has 1 aliphatic rings. The van der Waals surface area contributed by atoms with Crippen LogP contribution in [-0.4, -0.2) is 63.3 Å². The number of amides is 1. The van der Waals surface area contributed by atoms with Crippen LogP contribution in [0.2, 0.25) is 0 Å². The van der Waals surface area contributed by atoms with Crippen LogP contribution in [-0.2, 0) is 15.0 Å². The molecule has 1 N–H and O–H groups in total. The monoisotopic (exact) mass is 369 g/mol. The van der Waals surface area contributed by atoms with E-state index in [4.69, 9.17) is 4.74 Å². The fourth-order valence-electron chi connectivity index (χ4n) is 2.72. The summed E-state index contributed by atoms with van der Waals surface area (Å²) in [6.45, 7) is 3.46. The van der Waals surface area contributed by atoms with Gasteiger partial charge in [0, 0.05) is 27.2 Å². The molecule has 1 heterocycles. The van der Waals surface area contributed by atoms with Gasteiger partial charge < -0.3 is 10.1 Å². The lowest BCUT2D eigenvalue weighted by Gasteiger charge is -2.32. The summed E-state index contributed by atoms with van der Waals surface area (Å²) in [5.74, 6) is 0.328. The lowest BCUT2D eigenvalue weighted by Crippen LogP contribution is -2.49. The van der Waals surface area contributed by atoms with E-state index in [-0.39, 0.29) is 18.4 Å². The van der Waals surface area contributed by atoms with Gasteiger partial charge in [-0.05, 0) is 31.9 Å². The Balaban J connectivity index is 1.77. The zero-order valence-corrected chi connectivity index (χ0v) is 15.9. The quantitative estimate of drug-likeness (QED) is 0.728. The molecule has 1 aromatic carbocycles. The van der Waals surface area contributed by atoms with Crippen LogP contribution < -0.4 is 10.1 Å². The van der Waals surface area contributed by atoms with E-state index in [0.717, 1.165) is 11.3 Å². The average Bonchev–Trinajstić information content (AvgIpc) is 2.60. The van der Waals surface area contributed by atoms with E-state index in [2.05, 4.69) is 5.32 Å². The first-order valence-corrected chi connectivity index (χ1v) is 9.85. The summed E-state index contributed by atoms with van der Waals surface area (Å²) < 4.78 is 32.5. The maximum atomic E-state index is 12.3. The maximum Gasteiger partial charge on any atom is 0.281 e. The van der Waals surface area contributed by atoms with E-state index in [1.165, 1.54) is 22.7 Å². The molecular weight excluding hydrogens is 342 g/mol. The standard InChI is InChI=1S/C17H27N3O4S/c1-14-6-8-16(9-7-14)24-12-10-18-17(21)15-5-4-11-20(13-15)25(22,23)19(2)3/h6-9,15H,4-5,10-13H2,1-3H3,(H,18,21)/t15-/m1/s1. The Hall–Kier alpha value is -1.64. The number of hydrogen-bond donors (Lipinski definition) is 1. The van der Waals surface area contributed by atoms with Crippen molar-refractivity contribution in [1.82, 2.24) is 13.9 Å². The molecule has 7 nitrogen and oxygen atoms in total. The van der Waals surface area contributed by atoms with Crippen molar-refractivity contribution < 1.29 is 17.9 Å². The van der Waals surface area contributed by atoms with Crippen LogP contribution in [0, 0.1) is 12.8 Å². The van der Waals surface area contributed by atoms with Crippen LogP contribution in [0.4, 0.5) is 0 Å². The number of benzene rings is 1. The molecule has 2 rings (SSSR count). The average molecular weight is 369 g/mol. The van der Waals surface area contributed by atoms with Gasteiger partial charge in [-0.25, -0.2) is 0 Å². The van der Waals surface area contributed by atoms with Crippen molar-refractivity contribution in [3.05, 3.63) is 29.8 Å². The van der Waals surface area contributed by atoms with Gasteiger partial charge in [0.15, 0.2) is 0 Å². The van der Waals surface area contributed by atoms with Gasteiger partial charge in [0.2, 0.25) is 5.91 Å². The van der Waals surface area contributed by atoms with Gasteiger partial charge in [0.05, 0.1) is 12.5 Å². The molecule has 1 atom stereocenters. The van der Waals surface area contributed by atoms with E-state index >= 15 is 0 Å². The Morgan fingerprint density at radius 1 is 1.32 bits per heavy atom. The molecule has 0 unspecified atom stereocenters. The lowest BCUT2D eigenvalue weighted by molar-refractivity contribution is -0.126. The van der Waals surface area contributed by atoms with Crippen LogP contribution in [0.5, 0.6) is 5.75 Å². The first kappa shape index (κ1) is 19.7. The second-order valence-corrected chi connectivity index (χ2v) is 8.58.